The van der Waals surface area contributed by atoms with Crippen molar-refractivity contribution in [3.05, 3.63) is 42.6 Å². The van der Waals surface area contributed by atoms with Crippen molar-refractivity contribution < 1.29 is 4.74 Å². The molecule has 1 fully saturated rings. The summed E-state index contributed by atoms with van der Waals surface area (Å²) >= 11 is 0. The molecule has 5 rings (SSSR count). The minimum atomic E-state index is 0.521. The molecule has 27 heavy (non-hydrogen) atoms. The number of methoxy groups -OCH3 is 1. The Morgan fingerprint density at radius 3 is 2.89 bits per heavy atom. The fourth-order valence-corrected chi connectivity index (χ4v) is 4.03. The van der Waals surface area contributed by atoms with E-state index in [0.717, 1.165) is 39.5 Å². The molecule has 138 valence electrons. The van der Waals surface area contributed by atoms with Crippen molar-refractivity contribution in [3.63, 3.8) is 0 Å². The van der Waals surface area contributed by atoms with Crippen LogP contribution in [0.3, 0.4) is 0 Å². The molecule has 0 amide bonds. The van der Waals surface area contributed by atoms with Crippen molar-refractivity contribution in [2.24, 2.45) is 0 Å². The van der Waals surface area contributed by atoms with E-state index < -0.39 is 0 Å². The quantitative estimate of drug-likeness (QED) is 0.556. The molecule has 1 aliphatic carbocycles. The SMILES string of the molecule is COc1cccc2cc(-c3cnc4ccc(NC5CCCCC5)nn34)[nH]c12. The van der Waals surface area contributed by atoms with Gasteiger partial charge in [0.05, 0.1) is 24.5 Å². The van der Waals surface area contributed by atoms with Gasteiger partial charge in [-0.3, -0.25) is 0 Å². The van der Waals surface area contributed by atoms with Crippen molar-refractivity contribution in [1.82, 2.24) is 19.6 Å². The van der Waals surface area contributed by atoms with Gasteiger partial charge in [0, 0.05) is 11.4 Å². The van der Waals surface area contributed by atoms with Crippen molar-refractivity contribution in [3.8, 4) is 17.1 Å². The largest absolute Gasteiger partial charge is 0.495 e. The second-order valence-corrected chi connectivity index (χ2v) is 7.22. The predicted octanol–water partition coefficient (Wildman–Crippen LogP) is 4.63. The highest BCUT2D eigenvalue weighted by Crippen LogP contribution is 2.30. The Kier molecular flexibility index (Phi) is 3.96. The Bertz CT molecular complexity index is 1090. The Balaban J connectivity index is 1.54. The van der Waals surface area contributed by atoms with Gasteiger partial charge < -0.3 is 15.0 Å². The normalized spacial score (nSPS) is 15.4. The summed E-state index contributed by atoms with van der Waals surface area (Å²) < 4.78 is 7.38. The first-order valence-corrected chi connectivity index (χ1v) is 9.59. The Morgan fingerprint density at radius 2 is 2.04 bits per heavy atom. The van der Waals surface area contributed by atoms with Crippen LogP contribution < -0.4 is 10.1 Å². The number of rotatable bonds is 4. The number of imidazole rings is 1. The van der Waals surface area contributed by atoms with Crippen LogP contribution in [0.25, 0.3) is 27.9 Å². The lowest BCUT2D eigenvalue weighted by atomic mass is 9.95. The summed E-state index contributed by atoms with van der Waals surface area (Å²) in [6, 6.07) is 12.7. The average molecular weight is 361 g/mol. The highest BCUT2D eigenvalue weighted by atomic mass is 16.5. The van der Waals surface area contributed by atoms with E-state index in [1.807, 2.05) is 35.0 Å². The first kappa shape index (κ1) is 16.2. The number of aromatic nitrogens is 4. The molecule has 6 heteroatoms. The molecule has 1 aromatic carbocycles. The maximum atomic E-state index is 5.47. The van der Waals surface area contributed by atoms with Crippen molar-refractivity contribution >= 4 is 22.4 Å². The first-order chi connectivity index (χ1) is 13.3. The summed E-state index contributed by atoms with van der Waals surface area (Å²) in [7, 11) is 1.69. The van der Waals surface area contributed by atoms with Gasteiger partial charge in [-0.15, -0.1) is 5.10 Å². The number of aromatic amines is 1. The van der Waals surface area contributed by atoms with E-state index >= 15 is 0 Å². The molecule has 0 atom stereocenters. The Morgan fingerprint density at radius 1 is 1.15 bits per heavy atom. The van der Waals surface area contributed by atoms with Crippen LogP contribution in [0.15, 0.2) is 42.6 Å². The number of nitrogens with zero attached hydrogens (tertiary/aromatic N) is 3. The molecule has 1 aliphatic rings. The second-order valence-electron chi connectivity index (χ2n) is 7.22. The third-order valence-corrected chi connectivity index (χ3v) is 5.43. The predicted molar refractivity (Wildman–Crippen MR) is 107 cm³/mol. The zero-order chi connectivity index (χ0) is 18.2. The summed E-state index contributed by atoms with van der Waals surface area (Å²) in [6.07, 6.45) is 8.25. The van der Waals surface area contributed by atoms with Gasteiger partial charge in [-0.05, 0) is 37.1 Å². The summed E-state index contributed by atoms with van der Waals surface area (Å²) in [4.78, 5) is 7.98. The molecule has 0 saturated heterocycles. The van der Waals surface area contributed by atoms with Gasteiger partial charge in [-0.25, -0.2) is 9.50 Å². The Labute approximate surface area is 157 Å². The second kappa shape index (κ2) is 6.61. The fourth-order valence-electron chi connectivity index (χ4n) is 4.03. The van der Waals surface area contributed by atoms with Gasteiger partial charge in [0.25, 0.3) is 0 Å². The van der Waals surface area contributed by atoms with Crippen molar-refractivity contribution in [1.29, 1.82) is 0 Å². The van der Waals surface area contributed by atoms with Crippen LogP contribution in [-0.4, -0.2) is 32.7 Å². The number of nitrogens with one attached hydrogen (secondary N) is 2. The van der Waals surface area contributed by atoms with Crippen LogP contribution in [0.4, 0.5) is 5.82 Å². The van der Waals surface area contributed by atoms with Crippen LogP contribution in [0.2, 0.25) is 0 Å². The molecule has 0 aliphatic heterocycles. The molecule has 6 nitrogen and oxygen atoms in total. The average Bonchev–Trinajstić information content (AvgIpc) is 3.32. The van der Waals surface area contributed by atoms with E-state index in [-0.39, 0.29) is 0 Å². The number of ether oxygens (including phenoxy) is 1. The minimum absolute atomic E-state index is 0.521. The molecule has 0 radical (unpaired) electrons. The zero-order valence-electron chi connectivity index (χ0n) is 15.4. The van der Waals surface area contributed by atoms with Gasteiger partial charge >= 0.3 is 0 Å². The summed E-state index contributed by atoms with van der Waals surface area (Å²) in [5.41, 5.74) is 3.74. The van der Waals surface area contributed by atoms with Crippen LogP contribution in [0.5, 0.6) is 5.75 Å². The monoisotopic (exact) mass is 361 g/mol. The van der Waals surface area contributed by atoms with Gasteiger partial charge in [-0.1, -0.05) is 31.4 Å². The number of H-pyrrole nitrogens is 1. The number of benzene rings is 1. The third-order valence-electron chi connectivity index (χ3n) is 5.43. The lowest BCUT2D eigenvalue weighted by molar-refractivity contribution is 0.419. The molecule has 1 saturated carbocycles. The molecule has 2 N–H and O–H groups in total. The number of para-hydroxylation sites is 1. The highest BCUT2D eigenvalue weighted by molar-refractivity contribution is 5.90. The smallest absolute Gasteiger partial charge is 0.154 e. The van der Waals surface area contributed by atoms with Gasteiger partial charge in [-0.2, -0.15) is 0 Å². The highest BCUT2D eigenvalue weighted by Gasteiger charge is 2.16. The lowest BCUT2D eigenvalue weighted by Crippen LogP contribution is -2.23. The summed E-state index contributed by atoms with van der Waals surface area (Å²) in [6.45, 7) is 0. The van der Waals surface area contributed by atoms with Crippen molar-refractivity contribution in [2.45, 2.75) is 38.1 Å². The van der Waals surface area contributed by atoms with E-state index in [0.29, 0.717) is 6.04 Å². The zero-order valence-corrected chi connectivity index (χ0v) is 15.4. The third kappa shape index (κ3) is 2.91. The summed E-state index contributed by atoms with van der Waals surface area (Å²) in [5, 5.41) is 9.51. The van der Waals surface area contributed by atoms with Crippen LogP contribution in [-0.2, 0) is 0 Å². The topological polar surface area (TPSA) is 67.2 Å². The standard InChI is InChI=1S/C21H23N5O/c1-27-18-9-5-6-14-12-16(24-21(14)18)17-13-22-20-11-10-19(25-26(17)20)23-15-7-3-2-4-8-15/h5-6,9-13,15,24H,2-4,7-8H2,1H3,(H,23,25). The van der Waals surface area contributed by atoms with Gasteiger partial charge in [0.2, 0.25) is 0 Å². The summed E-state index contributed by atoms with van der Waals surface area (Å²) in [5.74, 6) is 1.74. The molecular weight excluding hydrogens is 338 g/mol. The minimum Gasteiger partial charge on any atom is -0.495 e. The van der Waals surface area contributed by atoms with E-state index in [4.69, 9.17) is 9.84 Å². The lowest BCUT2D eigenvalue weighted by Gasteiger charge is -2.23. The molecule has 0 spiro atoms. The molecule has 3 heterocycles. The molecule has 3 aromatic heterocycles. The first-order valence-electron chi connectivity index (χ1n) is 9.59. The van der Waals surface area contributed by atoms with Crippen LogP contribution in [0, 0.1) is 0 Å². The van der Waals surface area contributed by atoms with E-state index in [1.54, 1.807) is 7.11 Å². The number of fused-ring (bicyclic) bond motifs is 2. The van der Waals surface area contributed by atoms with Crippen LogP contribution >= 0.6 is 0 Å². The van der Waals surface area contributed by atoms with E-state index in [2.05, 4.69) is 27.4 Å². The van der Waals surface area contributed by atoms with E-state index in [9.17, 15) is 0 Å². The molecule has 0 bridgehead atoms. The Hall–Kier alpha value is -3.02. The number of hydrogen-bond acceptors (Lipinski definition) is 4. The van der Waals surface area contributed by atoms with Crippen molar-refractivity contribution in [2.75, 3.05) is 12.4 Å². The van der Waals surface area contributed by atoms with Gasteiger partial charge in [0.1, 0.15) is 17.3 Å². The molecule has 0 unspecified atom stereocenters. The fraction of sp³-hybridized carbons (Fsp3) is 0.333. The number of hydrogen-bond donors (Lipinski definition) is 2. The number of anilines is 1. The van der Waals surface area contributed by atoms with Crippen LogP contribution in [0.1, 0.15) is 32.1 Å². The molecular formula is C21H23N5O. The van der Waals surface area contributed by atoms with Gasteiger partial charge in [0.15, 0.2) is 5.65 Å². The maximum absolute atomic E-state index is 5.47. The maximum Gasteiger partial charge on any atom is 0.154 e. The molecule has 4 aromatic rings. The van der Waals surface area contributed by atoms with E-state index in [1.165, 1.54) is 32.1 Å².